The molecule has 0 radical (unpaired) electrons. The van der Waals surface area contributed by atoms with Crippen molar-refractivity contribution < 1.29 is 4.92 Å². The monoisotopic (exact) mass is 491 g/mol. The fourth-order valence-corrected chi connectivity index (χ4v) is 2.67. The number of benzene rings is 1. The van der Waals surface area contributed by atoms with Crippen LogP contribution in [0.5, 0.6) is 0 Å². The summed E-state index contributed by atoms with van der Waals surface area (Å²) in [4.78, 5) is 16.9. The van der Waals surface area contributed by atoms with Crippen molar-refractivity contribution in [3.63, 3.8) is 0 Å². The van der Waals surface area contributed by atoms with Gasteiger partial charge in [-0.3, -0.25) is 10.1 Å². The molecule has 142 valence electrons. The summed E-state index contributed by atoms with van der Waals surface area (Å²) < 4.78 is 1.98. The van der Waals surface area contributed by atoms with Crippen LogP contribution in [0.3, 0.4) is 0 Å². The van der Waals surface area contributed by atoms with Crippen molar-refractivity contribution in [2.75, 3.05) is 13.6 Å². The molecule has 7 nitrogen and oxygen atoms in total. The number of nitro groups is 1. The second kappa shape index (κ2) is 10.4. The van der Waals surface area contributed by atoms with Crippen LogP contribution in [0.25, 0.3) is 0 Å². The zero-order valence-electron chi connectivity index (χ0n) is 15.0. The molecule has 0 saturated heterocycles. The fraction of sp³-hybridized carbons (Fsp3) is 0.353. The second-order valence-electron chi connectivity index (χ2n) is 5.71. The lowest BCUT2D eigenvalue weighted by molar-refractivity contribution is -0.384. The molecule has 0 bridgehead atoms. The Morgan fingerprint density at radius 2 is 2.04 bits per heavy atom. The van der Waals surface area contributed by atoms with E-state index in [0.29, 0.717) is 18.1 Å². The molecule has 2 rings (SSSR count). The fourth-order valence-electron chi connectivity index (χ4n) is 2.40. The molecule has 1 aromatic heterocycles. The highest BCUT2D eigenvalue weighted by Crippen LogP contribution is 2.15. The van der Waals surface area contributed by atoms with E-state index in [-0.39, 0.29) is 29.7 Å². The molecule has 1 N–H and O–H groups in total. The molecule has 1 heterocycles. The number of non-ortho nitro benzene ring substituents is 1. The van der Waals surface area contributed by atoms with Crippen molar-refractivity contribution in [3.05, 3.63) is 62.9 Å². The quantitative estimate of drug-likeness (QED) is 0.219. The van der Waals surface area contributed by atoms with E-state index >= 15 is 0 Å². The lowest BCUT2D eigenvalue weighted by atomic mass is 10.2. The molecule has 0 aliphatic heterocycles. The Morgan fingerprint density at radius 1 is 1.38 bits per heavy atom. The lowest BCUT2D eigenvalue weighted by Gasteiger charge is -2.22. The van der Waals surface area contributed by atoms with Gasteiger partial charge in [0.05, 0.1) is 23.0 Å². The third-order valence-electron chi connectivity index (χ3n) is 3.73. The molecular formula is C17H23ClIN5O2. The van der Waals surface area contributed by atoms with E-state index in [1.807, 2.05) is 42.7 Å². The average Bonchev–Trinajstić information content (AvgIpc) is 2.89. The highest BCUT2D eigenvalue weighted by Gasteiger charge is 2.10. The van der Waals surface area contributed by atoms with Gasteiger partial charge in [0.2, 0.25) is 0 Å². The number of nitro benzene ring substituents is 1. The Morgan fingerprint density at radius 3 is 2.54 bits per heavy atom. The van der Waals surface area contributed by atoms with E-state index in [1.165, 1.54) is 12.1 Å². The van der Waals surface area contributed by atoms with E-state index in [1.54, 1.807) is 12.1 Å². The number of hydrogen-bond acceptors (Lipinski definition) is 3. The van der Waals surface area contributed by atoms with E-state index in [0.717, 1.165) is 23.8 Å². The van der Waals surface area contributed by atoms with Gasteiger partial charge in [0.25, 0.3) is 5.69 Å². The molecule has 0 aliphatic rings. The molecule has 26 heavy (non-hydrogen) atoms. The average molecular weight is 492 g/mol. The Hall–Kier alpha value is -1.81. The molecule has 0 atom stereocenters. The molecule has 0 spiro atoms. The number of aryl methyl sites for hydroxylation is 1. The van der Waals surface area contributed by atoms with Crippen molar-refractivity contribution in [3.8, 4) is 0 Å². The summed E-state index contributed by atoms with van der Waals surface area (Å²) in [6.45, 7) is 3.86. The molecule has 2 aromatic rings. The number of nitrogens with zero attached hydrogens (tertiary/aromatic N) is 4. The smallest absolute Gasteiger partial charge is 0.269 e. The summed E-state index contributed by atoms with van der Waals surface area (Å²) in [6, 6.07) is 8.36. The normalized spacial score (nSPS) is 11.0. The Kier molecular flexibility index (Phi) is 8.86. The summed E-state index contributed by atoms with van der Waals surface area (Å²) >= 11 is 6.03. The Balaban J connectivity index is 0.00000338. The Labute approximate surface area is 175 Å². The number of rotatable bonds is 6. The third kappa shape index (κ3) is 6.17. The topological polar surface area (TPSA) is 75.7 Å². The summed E-state index contributed by atoms with van der Waals surface area (Å²) in [6.07, 6.45) is 1.87. The summed E-state index contributed by atoms with van der Waals surface area (Å²) in [7, 11) is 3.91. The van der Waals surface area contributed by atoms with Crippen LogP contribution < -0.4 is 5.32 Å². The van der Waals surface area contributed by atoms with Gasteiger partial charge >= 0.3 is 0 Å². The Bertz CT molecular complexity index is 761. The predicted octanol–water partition coefficient (Wildman–Crippen LogP) is 3.80. The van der Waals surface area contributed by atoms with Crippen LogP contribution in [0.1, 0.15) is 18.2 Å². The number of aliphatic imine (C=N–C) groups is 1. The van der Waals surface area contributed by atoms with Crippen LogP contribution in [0, 0.1) is 10.1 Å². The van der Waals surface area contributed by atoms with Crippen LogP contribution >= 0.6 is 35.6 Å². The molecule has 1 aromatic carbocycles. The molecule has 0 saturated carbocycles. The molecule has 0 unspecified atom stereocenters. The largest absolute Gasteiger partial charge is 0.357 e. The minimum atomic E-state index is -0.407. The first kappa shape index (κ1) is 22.2. The molecule has 0 aliphatic carbocycles. The molecule has 9 heteroatoms. The van der Waals surface area contributed by atoms with Gasteiger partial charge < -0.3 is 14.8 Å². The van der Waals surface area contributed by atoms with E-state index < -0.39 is 4.92 Å². The first-order valence-electron chi connectivity index (χ1n) is 7.94. The summed E-state index contributed by atoms with van der Waals surface area (Å²) in [5.74, 6) is 0.762. The van der Waals surface area contributed by atoms with Crippen molar-refractivity contribution in [2.24, 2.45) is 12.0 Å². The SMILES string of the molecule is CCNC(=NCc1ccc([N+](=O)[O-])cc1)N(C)Cc1cc(Cl)cn1C.I. The number of hydrogen-bond donors (Lipinski definition) is 1. The van der Waals surface area contributed by atoms with Gasteiger partial charge in [0.1, 0.15) is 0 Å². The standard InChI is InChI=1S/C17H22ClN5O2.HI/c1-4-19-17(22(3)12-16-9-14(18)11-21(16)2)20-10-13-5-7-15(8-6-13)23(24)25;/h5-9,11H,4,10,12H2,1-3H3,(H,19,20);1H. The maximum absolute atomic E-state index is 10.7. The second-order valence-corrected chi connectivity index (χ2v) is 6.15. The first-order valence-corrected chi connectivity index (χ1v) is 8.32. The van der Waals surface area contributed by atoms with Gasteiger partial charge in [0.15, 0.2) is 5.96 Å². The van der Waals surface area contributed by atoms with Gasteiger partial charge in [-0.05, 0) is 18.6 Å². The van der Waals surface area contributed by atoms with Gasteiger partial charge in [-0.2, -0.15) is 0 Å². The molecular weight excluding hydrogens is 469 g/mol. The van der Waals surface area contributed by atoms with Gasteiger partial charge in [-0.15, -0.1) is 24.0 Å². The van der Waals surface area contributed by atoms with Crippen LogP contribution in [-0.4, -0.2) is 33.9 Å². The molecule has 0 amide bonds. The highest BCUT2D eigenvalue weighted by atomic mass is 127. The van der Waals surface area contributed by atoms with Gasteiger partial charge in [-0.1, -0.05) is 23.7 Å². The minimum absolute atomic E-state index is 0. The number of halogens is 2. The van der Waals surface area contributed by atoms with Crippen LogP contribution in [-0.2, 0) is 20.1 Å². The van der Waals surface area contributed by atoms with Crippen LogP contribution in [0.4, 0.5) is 5.69 Å². The van der Waals surface area contributed by atoms with E-state index in [2.05, 4.69) is 10.3 Å². The maximum Gasteiger partial charge on any atom is 0.269 e. The van der Waals surface area contributed by atoms with Crippen molar-refractivity contribution in [2.45, 2.75) is 20.0 Å². The summed E-state index contributed by atoms with van der Waals surface area (Å²) in [5.41, 5.74) is 2.07. The predicted molar refractivity (Wildman–Crippen MR) is 115 cm³/mol. The van der Waals surface area contributed by atoms with E-state index in [4.69, 9.17) is 11.6 Å². The molecule has 0 fully saturated rings. The van der Waals surface area contributed by atoms with Crippen LogP contribution in [0.2, 0.25) is 5.02 Å². The summed E-state index contributed by atoms with van der Waals surface area (Å²) in [5, 5.41) is 14.7. The maximum atomic E-state index is 10.7. The number of guanidine groups is 1. The zero-order valence-corrected chi connectivity index (χ0v) is 18.1. The van der Waals surface area contributed by atoms with Crippen molar-refractivity contribution in [1.82, 2.24) is 14.8 Å². The van der Waals surface area contributed by atoms with Gasteiger partial charge in [0, 0.05) is 44.7 Å². The van der Waals surface area contributed by atoms with Gasteiger partial charge in [-0.25, -0.2) is 4.99 Å². The van der Waals surface area contributed by atoms with E-state index in [9.17, 15) is 10.1 Å². The highest BCUT2D eigenvalue weighted by molar-refractivity contribution is 14.0. The van der Waals surface area contributed by atoms with Crippen molar-refractivity contribution in [1.29, 1.82) is 0 Å². The zero-order chi connectivity index (χ0) is 18.4. The third-order valence-corrected chi connectivity index (χ3v) is 3.94. The lowest BCUT2D eigenvalue weighted by Crippen LogP contribution is -2.38. The number of nitrogens with one attached hydrogen (secondary N) is 1. The first-order chi connectivity index (χ1) is 11.9. The van der Waals surface area contributed by atoms with Crippen LogP contribution in [0.15, 0.2) is 41.5 Å². The number of aromatic nitrogens is 1. The minimum Gasteiger partial charge on any atom is -0.357 e. The van der Waals surface area contributed by atoms with Crippen molar-refractivity contribution >= 4 is 47.2 Å².